The van der Waals surface area contributed by atoms with Gasteiger partial charge in [0.1, 0.15) is 12.1 Å². The van der Waals surface area contributed by atoms with E-state index in [4.69, 9.17) is 15.6 Å². The van der Waals surface area contributed by atoms with Crippen LogP contribution in [0.15, 0.2) is 0 Å². The molecule has 0 aliphatic rings. The van der Waals surface area contributed by atoms with Crippen molar-refractivity contribution in [2.45, 2.75) is 135 Å². The van der Waals surface area contributed by atoms with Crippen LogP contribution in [0.3, 0.4) is 0 Å². The molecule has 1 unspecified atom stereocenters. The number of carbonyl (C=O) groups is 2. The minimum absolute atomic E-state index is 0.101. The third-order valence-electron chi connectivity index (χ3n) is 5.34. The number of ether oxygens (including phenoxy) is 1. The number of hydrogen-bond donors (Lipinski definition) is 2. The van der Waals surface area contributed by atoms with Crippen LogP contribution in [-0.4, -0.2) is 29.2 Å². The van der Waals surface area contributed by atoms with Gasteiger partial charge < -0.3 is 15.6 Å². The van der Waals surface area contributed by atoms with Gasteiger partial charge in [-0.3, -0.25) is 9.59 Å². The molecule has 0 saturated carbocycles. The van der Waals surface area contributed by atoms with Gasteiger partial charge in [0, 0.05) is 6.42 Å². The van der Waals surface area contributed by atoms with Crippen molar-refractivity contribution in [2.24, 2.45) is 5.73 Å². The lowest BCUT2D eigenvalue weighted by Crippen LogP contribution is -2.35. The van der Waals surface area contributed by atoms with Crippen molar-refractivity contribution in [2.75, 3.05) is 0 Å². The summed E-state index contributed by atoms with van der Waals surface area (Å²) in [6, 6.07) is -0.836. The summed E-state index contributed by atoms with van der Waals surface area (Å²) >= 11 is 0. The molecule has 0 aliphatic carbocycles. The molecule has 3 N–H and O–H groups in total. The van der Waals surface area contributed by atoms with Crippen LogP contribution < -0.4 is 5.73 Å². The molecule has 28 heavy (non-hydrogen) atoms. The Kier molecular flexibility index (Phi) is 18.5. The summed E-state index contributed by atoms with van der Waals surface area (Å²) in [5, 5.41) is 8.65. The largest absolute Gasteiger partial charge is 0.481 e. The Bertz CT molecular complexity index is 387. The Morgan fingerprint density at radius 2 is 1.25 bits per heavy atom. The van der Waals surface area contributed by atoms with E-state index in [-0.39, 0.29) is 18.9 Å². The predicted molar refractivity (Wildman–Crippen MR) is 115 cm³/mol. The van der Waals surface area contributed by atoms with Crippen LogP contribution in [0.4, 0.5) is 0 Å². The Morgan fingerprint density at radius 3 is 1.68 bits per heavy atom. The monoisotopic (exact) mass is 399 g/mol. The molecule has 0 rings (SSSR count). The van der Waals surface area contributed by atoms with Gasteiger partial charge >= 0.3 is 11.9 Å². The zero-order valence-corrected chi connectivity index (χ0v) is 18.4. The standard InChI is InChI=1S/C23H45NO4/c1-3-5-6-7-8-9-10-11-12-13-14-15-16-17-20(4-2)28-23(27)21(24)18-19-22(25)26/h20-21H,3-19,24H2,1-2H3,(H,25,26)/t20?,21-/m0/s1. The Hall–Kier alpha value is -1.10. The third kappa shape index (κ3) is 17.0. The van der Waals surface area contributed by atoms with Crippen molar-refractivity contribution >= 4 is 11.9 Å². The maximum atomic E-state index is 11.9. The first kappa shape index (κ1) is 26.9. The molecule has 0 radical (unpaired) electrons. The summed E-state index contributed by atoms with van der Waals surface area (Å²) < 4.78 is 5.44. The molecule has 0 heterocycles. The van der Waals surface area contributed by atoms with E-state index in [9.17, 15) is 9.59 Å². The predicted octanol–water partition coefficient (Wildman–Crippen LogP) is 5.98. The van der Waals surface area contributed by atoms with Crippen molar-refractivity contribution in [1.29, 1.82) is 0 Å². The van der Waals surface area contributed by atoms with Gasteiger partial charge in [0.05, 0.1) is 0 Å². The summed E-state index contributed by atoms with van der Waals surface area (Å²) in [6.07, 6.45) is 18.7. The molecule has 0 bridgehead atoms. The van der Waals surface area contributed by atoms with Gasteiger partial charge in [-0.05, 0) is 25.7 Å². The van der Waals surface area contributed by atoms with Crippen molar-refractivity contribution < 1.29 is 19.4 Å². The fraction of sp³-hybridized carbons (Fsp3) is 0.913. The zero-order valence-electron chi connectivity index (χ0n) is 18.4. The van der Waals surface area contributed by atoms with Gasteiger partial charge in [-0.15, -0.1) is 0 Å². The van der Waals surface area contributed by atoms with Gasteiger partial charge in [-0.25, -0.2) is 0 Å². The zero-order chi connectivity index (χ0) is 21.0. The molecule has 0 saturated heterocycles. The summed E-state index contributed by atoms with van der Waals surface area (Å²) in [5.41, 5.74) is 5.71. The molecule has 2 atom stereocenters. The summed E-state index contributed by atoms with van der Waals surface area (Å²) in [6.45, 7) is 4.26. The van der Waals surface area contributed by atoms with E-state index in [0.29, 0.717) is 0 Å². The second-order valence-corrected chi connectivity index (χ2v) is 8.04. The lowest BCUT2D eigenvalue weighted by Gasteiger charge is -2.18. The molecule has 166 valence electrons. The van der Waals surface area contributed by atoms with Crippen molar-refractivity contribution in [1.82, 2.24) is 0 Å². The number of carbonyl (C=O) groups excluding carboxylic acids is 1. The van der Waals surface area contributed by atoms with E-state index in [1.54, 1.807) is 0 Å². The van der Waals surface area contributed by atoms with Gasteiger partial charge in [0.15, 0.2) is 0 Å². The van der Waals surface area contributed by atoms with Crippen LogP contribution in [0.5, 0.6) is 0 Å². The van der Waals surface area contributed by atoms with E-state index in [2.05, 4.69) is 6.92 Å². The first-order chi connectivity index (χ1) is 13.5. The van der Waals surface area contributed by atoms with E-state index < -0.39 is 18.0 Å². The van der Waals surface area contributed by atoms with Crippen LogP contribution in [0.1, 0.15) is 123 Å². The number of nitrogens with two attached hydrogens (primary N) is 1. The minimum atomic E-state index is -0.942. The SMILES string of the molecule is CCCCCCCCCCCCCCCC(CC)OC(=O)[C@@H](N)CCC(=O)O. The van der Waals surface area contributed by atoms with E-state index in [1.807, 2.05) is 6.92 Å². The highest BCUT2D eigenvalue weighted by Gasteiger charge is 2.20. The molecule has 5 heteroatoms. The fourth-order valence-corrected chi connectivity index (χ4v) is 3.38. The Balaban J connectivity index is 3.56. The number of carboxylic acids is 1. The number of rotatable bonds is 20. The highest BCUT2D eigenvalue weighted by Crippen LogP contribution is 2.15. The van der Waals surface area contributed by atoms with Gasteiger partial charge in [-0.1, -0.05) is 90.9 Å². The fourth-order valence-electron chi connectivity index (χ4n) is 3.38. The maximum Gasteiger partial charge on any atom is 0.323 e. The number of esters is 1. The molecule has 0 amide bonds. The topological polar surface area (TPSA) is 89.6 Å². The molecule has 0 aromatic heterocycles. The first-order valence-corrected chi connectivity index (χ1v) is 11.7. The maximum absolute atomic E-state index is 11.9. The van der Waals surface area contributed by atoms with Gasteiger partial charge in [0.2, 0.25) is 0 Å². The van der Waals surface area contributed by atoms with Crippen LogP contribution in [0, 0.1) is 0 Å². The minimum Gasteiger partial charge on any atom is -0.481 e. The van der Waals surface area contributed by atoms with Crippen LogP contribution >= 0.6 is 0 Å². The highest BCUT2D eigenvalue weighted by atomic mass is 16.5. The molecule has 0 aromatic rings. The Morgan fingerprint density at radius 1 is 0.786 bits per heavy atom. The molecule has 0 aliphatic heterocycles. The second kappa shape index (κ2) is 19.2. The quantitative estimate of drug-likeness (QED) is 0.194. The average Bonchev–Trinajstić information content (AvgIpc) is 2.68. The average molecular weight is 400 g/mol. The van der Waals surface area contributed by atoms with Crippen LogP contribution in [-0.2, 0) is 14.3 Å². The number of unbranched alkanes of at least 4 members (excludes halogenated alkanes) is 12. The van der Waals surface area contributed by atoms with Crippen molar-refractivity contribution in [3.63, 3.8) is 0 Å². The second-order valence-electron chi connectivity index (χ2n) is 8.04. The van der Waals surface area contributed by atoms with E-state index in [1.165, 1.54) is 77.0 Å². The van der Waals surface area contributed by atoms with Crippen molar-refractivity contribution in [3.05, 3.63) is 0 Å². The highest BCUT2D eigenvalue weighted by molar-refractivity contribution is 5.76. The molecule has 5 nitrogen and oxygen atoms in total. The van der Waals surface area contributed by atoms with E-state index in [0.717, 1.165) is 19.3 Å². The number of hydrogen-bond acceptors (Lipinski definition) is 4. The Labute approximate surface area is 172 Å². The molecule has 0 aromatic carbocycles. The summed E-state index contributed by atoms with van der Waals surface area (Å²) in [5.74, 6) is -1.41. The van der Waals surface area contributed by atoms with Crippen molar-refractivity contribution in [3.8, 4) is 0 Å². The number of aliphatic carboxylic acids is 1. The summed E-state index contributed by atoms with van der Waals surface area (Å²) in [7, 11) is 0. The summed E-state index contributed by atoms with van der Waals surface area (Å²) in [4.78, 5) is 22.5. The van der Waals surface area contributed by atoms with Crippen LogP contribution in [0.25, 0.3) is 0 Å². The molecular formula is C23H45NO4. The third-order valence-corrected chi connectivity index (χ3v) is 5.34. The molecule has 0 spiro atoms. The number of carboxylic acid groups (broad SMARTS) is 1. The lowest BCUT2D eigenvalue weighted by atomic mass is 10.0. The van der Waals surface area contributed by atoms with E-state index >= 15 is 0 Å². The van der Waals surface area contributed by atoms with Gasteiger partial charge in [0.25, 0.3) is 0 Å². The van der Waals surface area contributed by atoms with Crippen LogP contribution in [0.2, 0.25) is 0 Å². The first-order valence-electron chi connectivity index (χ1n) is 11.7. The smallest absolute Gasteiger partial charge is 0.323 e. The van der Waals surface area contributed by atoms with Gasteiger partial charge in [-0.2, -0.15) is 0 Å². The lowest BCUT2D eigenvalue weighted by molar-refractivity contribution is -0.151. The molecule has 0 fully saturated rings. The molecular weight excluding hydrogens is 354 g/mol. The normalized spacial score (nSPS) is 13.2.